The van der Waals surface area contributed by atoms with Gasteiger partial charge in [-0.05, 0) is 18.9 Å². The highest BCUT2D eigenvalue weighted by atomic mass is 35.5. The van der Waals surface area contributed by atoms with Crippen LogP contribution in [0.3, 0.4) is 0 Å². The van der Waals surface area contributed by atoms with Gasteiger partial charge in [0.2, 0.25) is 0 Å². The summed E-state index contributed by atoms with van der Waals surface area (Å²) < 4.78 is 26.4. The first kappa shape index (κ1) is 15.6. The predicted octanol–water partition coefficient (Wildman–Crippen LogP) is 3.15. The highest BCUT2D eigenvalue weighted by molar-refractivity contribution is 6.19. The summed E-state index contributed by atoms with van der Waals surface area (Å²) in [5, 5.41) is 13.5. The van der Waals surface area contributed by atoms with Crippen molar-refractivity contribution in [3.05, 3.63) is 39.4 Å². The minimum absolute atomic E-state index is 0.163. The van der Waals surface area contributed by atoms with Crippen LogP contribution in [0.2, 0.25) is 0 Å². The van der Waals surface area contributed by atoms with Gasteiger partial charge in [-0.3, -0.25) is 14.9 Å². The molecule has 2 rings (SSSR count). The number of benzene rings is 1. The topological polar surface area (TPSA) is 72.2 Å². The molecule has 5 nitrogen and oxygen atoms in total. The van der Waals surface area contributed by atoms with Crippen molar-refractivity contribution >= 4 is 23.2 Å². The van der Waals surface area contributed by atoms with Crippen LogP contribution in [0.4, 0.5) is 14.5 Å². The van der Waals surface area contributed by atoms with Crippen LogP contribution in [-0.2, 0) is 0 Å². The SMILES string of the molecule is O=C(NC1(CCl)CCCC1)c1cc(F)c(F)cc1[N+](=O)[O-]. The third-order valence-electron chi connectivity index (χ3n) is 3.68. The first-order valence-corrected chi connectivity index (χ1v) is 6.94. The van der Waals surface area contributed by atoms with Crippen LogP contribution in [0.15, 0.2) is 12.1 Å². The van der Waals surface area contributed by atoms with Gasteiger partial charge in [0.1, 0.15) is 5.56 Å². The van der Waals surface area contributed by atoms with E-state index in [9.17, 15) is 23.7 Å². The zero-order chi connectivity index (χ0) is 15.6. The molecule has 0 saturated heterocycles. The molecule has 114 valence electrons. The van der Waals surface area contributed by atoms with Crippen molar-refractivity contribution in [1.82, 2.24) is 5.32 Å². The summed E-state index contributed by atoms with van der Waals surface area (Å²) >= 11 is 5.87. The average Bonchev–Trinajstić information content (AvgIpc) is 2.90. The third-order valence-corrected chi connectivity index (χ3v) is 4.19. The van der Waals surface area contributed by atoms with E-state index in [0.717, 1.165) is 12.8 Å². The molecule has 1 amide bonds. The van der Waals surface area contributed by atoms with Crippen molar-refractivity contribution in [2.24, 2.45) is 0 Å². The van der Waals surface area contributed by atoms with Gasteiger partial charge in [0.05, 0.1) is 16.5 Å². The Labute approximate surface area is 124 Å². The lowest BCUT2D eigenvalue weighted by atomic mass is 9.99. The van der Waals surface area contributed by atoms with Gasteiger partial charge in [0.15, 0.2) is 11.6 Å². The van der Waals surface area contributed by atoms with Crippen LogP contribution in [0.25, 0.3) is 0 Å². The van der Waals surface area contributed by atoms with E-state index >= 15 is 0 Å². The average molecular weight is 319 g/mol. The molecule has 1 aromatic rings. The Morgan fingerprint density at radius 1 is 1.33 bits per heavy atom. The van der Waals surface area contributed by atoms with Crippen molar-refractivity contribution in [2.75, 3.05) is 5.88 Å². The fraction of sp³-hybridized carbons (Fsp3) is 0.462. The summed E-state index contributed by atoms with van der Waals surface area (Å²) in [4.78, 5) is 22.2. The highest BCUT2D eigenvalue weighted by Crippen LogP contribution is 2.32. The molecule has 1 fully saturated rings. The van der Waals surface area contributed by atoms with Crippen molar-refractivity contribution in [3.63, 3.8) is 0 Å². The molecule has 1 aliphatic rings. The van der Waals surface area contributed by atoms with Crippen LogP contribution in [-0.4, -0.2) is 22.2 Å². The van der Waals surface area contributed by atoms with E-state index in [2.05, 4.69) is 5.32 Å². The van der Waals surface area contributed by atoms with Gasteiger partial charge in [-0.1, -0.05) is 12.8 Å². The van der Waals surface area contributed by atoms with Crippen LogP contribution >= 0.6 is 11.6 Å². The molecule has 21 heavy (non-hydrogen) atoms. The minimum atomic E-state index is -1.37. The summed E-state index contributed by atoms with van der Waals surface area (Å²) in [5.41, 5.74) is -1.92. The zero-order valence-electron chi connectivity index (χ0n) is 11.0. The van der Waals surface area contributed by atoms with Crippen molar-refractivity contribution in [1.29, 1.82) is 0 Å². The molecule has 0 bridgehead atoms. The van der Waals surface area contributed by atoms with Gasteiger partial charge in [-0.15, -0.1) is 11.6 Å². The molecule has 0 spiro atoms. The second-order valence-electron chi connectivity index (χ2n) is 5.12. The van der Waals surface area contributed by atoms with Gasteiger partial charge >= 0.3 is 0 Å². The smallest absolute Gasteiger partial charge is 0.285 e. The Hall–Kier alpha value is -1.76. The molecule has 0 aliphatic heterocycles. The Bertz CT molecular complexity index is 589. The number of nitrogens with zero attached hydrogens (tertiary/aromatic N) is 1. The van der Waals surface area contributed by atoms with Crippen molar-refractivity contribution < 1.29 is 18.5 Å². The summed E-state index contributed by atoms with van der Waals surface area (Å²) in [6, 6.07) is 0.950. The van der Waals surface area contributed by atoms with Gasteiger partial charge in [-0.25, -0.2) is 8.78 Å². The summed E-state index contributed by atoms with van der Waals surface area (Å²) in [6.07, 6.45) is 3.07. The molecular weight excluding hydrogens is 306 g/mol. The standard InChI is InChI=1S/C13H13ClF2N2O3/c14-7-13(3-1-2-4-13)17-12(19)8-5-9(15)10(16)6-11(8)18(20)21/h5-6H,1-4,7H2,(H,17,19). The van der Waals surface area contributed by atoms with E-state index in [1.807, 2.05) is 0 Å². The zero-order valence-corrected chi connectivity index (χ0v) is 11.8. The number of carbonyl (C=O) groups is 1. The van der Waals surface area contributed by atoms with Crippen molar-refractivity contribution in [2.45, 2.75) is 31.2 Å². The highest BCUT2D eigenvalue weighted by Gasteiger charge is 2.36. The lowest BCUT2D eigenvalue weighted by Gasteiger charge is -2.27. The van der Waals surface area contributed by atoms with Crippen molar-refractivity contribution in [3.8, 4) is 0 Å². The molecule has 0 atom stereocenters. The summed E-state index contributed by atoms with van der Waals surface area (Å²) in [6.45, 7) is 0. The van der Waals surface area contributed by atoms with Crippen LogP contribution in [0, 0.1) is 21.7 Å². The minimum Gasteiger partial charge on any atom is -0.345 e. The Balaban J connectivity index is 2.34. The maximum absolute atomic E-state index is 13.3. The van der Waals surface area contributed by atoms with E-state index in [4.69, 9.17) is 11.6 Å². The predicted molar refractivity (Wildman–Crippen MR) is 72.4 cm³/mol. The Kier molecular flexibility index (Phi) is 4.41. The van der Waals surface area contributed by atoms with Crippen LogP contribution in [0.1, 0.15) is 36.0 Å². The number of nitro groups is 1. The number of nitrogens with one attached hydrogen (secondary N) is 1. The lowest BCUT2D eigenvalue weighted by molar-refractivity contribution is -0.385. The summed E-state index contributed by atoms with van der Waals surface area (Å²) in [5.74, 6) is -3.33. The molecule has 0 unspecified atom stereocenters. The fourth-order valence-electron chi connectivity index (χ4n) is 2.52. The van der Waals surface area contributed by atoms with E-state index in [-0.39, 0.29) is 5.88 Å². The van der Waals surface area contributed by atoms with Crippen LogP contribution < -0.4 is 5.32 Å². The molecule has 0 radical (unpaired) electrons. The molecule has 0 heterocycles. The molecule has 8 heteroatoms. The van der Waals surface area contributed by atoms with E-state index in [1.54, 1.807) is 0 Å². The number of hydrogen-bond donors (Lipinski definition) is 1. The maximum Gasteiger partial charge on any atom is 0.285 e. The monoisotopic (exact) mass is 318 g/mol. The van der Waals surface area contributed by atoms with Crippen LogP contribution in [0.5, 0.6) is 0 Å². The number of amides is 1. The van der Waals surface area contributed by atoms with Gasteiger partial charge < -0.3 is 5.32 Å². The fourth-order valence-corrected chi connectivity index (χ4v) is 2.86. The lowest BCUT2D eigenvalue weighted by Crippen LogP contribution is -2.48. The molecule has 1 saturated carbocycles. The number of hydrogen-bond acceptors (Lipinski definition) is 3. The third kappa shape index (κ3) is 3.12. The molecular formula is C13H13ClF2N2O3. The first-order chi connectivity index (χ1) is 9.88. The van der Waals surface area contributed by atoms with Gasteiger partial charge in [0.25, 0.3) is 11.6 Å². The molecule has 1 N–H and O–H groups in total. The van der Waals surface area contributed by atoms with E-state index < -0.39 is 39.3 Å². The second kappa shape index (κ2) is 5.93. The largest absolute Gasteiger partial charge is 0.345 e. The molecule has 0 aromatic heterocycles. The van der Waals surface area contributed by atoms with Gasteiger partial charge in [-0.2, -0.15) is 0 Å². The Morgan fingerprint density at radius 3 is 2.43 bits per heavy atom. The number of halogens is 3. The van der Waals surface area contributed by atoms with E-state index in [0.29, 0.717) is 25.0 Å². The van der Waals surface area contributed by atoms with Gasteiger partial charge in [0, 0.05) is 5.88 Å². The number of alkyl halides is 1. The molecule has 1 aromatic carbocycles. The number of carbonyl (C=O) groups excluding carboxylic acids is 1. The first-order valence-electron chi connectivity index (χ1n) is 6.40. The quantitative estimate of drug-likeness (QED) is 0.526. The number of nitro benzene ring substituents is 1. The molecule has 1 aliphatic carbocycles. The maximum atomic E-state index is 13.3. The van der Waals surface area contributed by atoms with E-state index in [1.165, 1.54) is 0 Å². The second-order valence-corrected chi connectivity index (χ2v) is 5.38. The Morgan fingerprint density at radius 2 is 1.90 bits per heavy atom. The summed E-state index contributed by atoms with van der Waals surface area (Å²) in [7, 11) is 0. The number of rotatable bonds is 4. The normalized spacial score (nSPS) is 16.7.